The summed E-state index contributed by atoms with van der Waals surface area (Å²) in [5, 5.41) is 6.40. The Morgan fingerprint density at radius 1 is 1.09 bits per heavy atom. The molecular weight excluding hydrogens is 404 g/mol. The van der Waals surface area contributed by atoms with Crippen molar-refractivity contribution < 1.29 is 14.3 Å². The zero-order valence-electron chi connectivity index (χ0n) is 19.5. The lowest BCUT2D eigenvalue weighted by molar-refractivity contribution is -0.119. The number of carbonyl (C=O) groups excluding carboxylic acids is 2. The summed E-state index contributed by atoms with van der Waals surface area (Å²) in [6.45, 7) is 9.85. The van der Waals surface area contributed by atoms with Gasteiger partial charge in [0.2, 0.25) is 5.91 Å². The molecule has 7 heteroatoms. The van der Waals surface area contributed by atoms with Crippen LogP contribution in [0.3, 0.4) is 0 Å². The molecule has 0 saturated carbocycles. The first-order chi connectivity index (χ1) is 15.2. The van der Waals surface area contributed by atoms with Crippen LogP contribution < -0.4 is 10.6 Å². The van der Waals surface area contributed by atoms with Crippen LogP contribution in [0.15, 0.2) is 42.6 Å². The minimum absolute atomic E-state index is 0.0408. The second-order valence-corrected chi connectivity index (χ2v) is 9.28. The molecule has 0 unspecified atom stereocenters. The van der Waals surface area contributed by atoms with Crippen molar-refractivity contribution >= 4 is 12.0 Å². The fourth-order valence-corrected chi connectivity index (χ4v) is 3.62. The van der Waals surface area contributed by atoms with Crippen molar-refractivity contribution in [2.24, 2.45) is 0 Å². The van der Waals surface area contributed by atoms with Crippen molar-refractivity contribution in [3.8, 4) is 11.3 Å². The molecule has 172 valence electrons. The maximum absolute atomic E-state index is 12.2. The van der Waals surface area contributed by atoms with E-state index >= 15 is 0 Å². The van der Waals surface area contributed by atoms with Crippen molar-refractivity contribution in [1.82, 2.24) is 20.5 Å². The third-order valence-corrected chi connectivity index (χ3v) is 5.33. The quantitative estimate of drug-likeness (QED) is 0.715. The van der Waals surface area contributed by atoms with Crippen LogP contribution in [0.4, 0.5) is 4.79 Å². The van der Waals surface area contributed by atoms with Crippen LogP contribution in [0.1, 0.15) is 51.7 Å². The molecule has 1 aliphatic heterocycles. The summed E-state index contributed by atoms with van der Waals surface area (Å²) in [6.07, 6.45) is 3.49. The number of likely N-dealkylation sites (tertiary alicyclic amines) is 1. The molecule has 1 aromatic carbocycles. The molecule has 0 atom stereocenters. The van der Waals surface area contributed by atoms with Crippen LogP contribution in [0.25, 0.3) is 11.3 Å². The number of pyridine rings is 1. The van der Waals surface area contributed by atoms with E-state index in [1.54, 1.807) is 4.90 Å². The number of rotatable bonds is 6. The zero-order chi connectivity index (χ0) is 23.1. The summed E-state index contributed by atoms with van der Waals surface area (Å²) in [5.74, 6) is -0.0408. The van der Waals surface area contributed by atoms with E-state index in [0.717, 1.165) is 41.8 Å². The number of ether oxygens (including phenoxy) is 1. The molecule has 0 aliphatic carbocycles. The predicted molar refractivity (Wildman–Crippen MR) is 125 cm³/mol. The lowest BCUT2D eigenvalue weighted by Crippen LogP contribution is -2.46. The number of hydrogen-bond acceptors (Lipinski definition) is 5. The van der Waals surface area contributed by atoms with Gasteiger partial charge in [0.05, 0.1) is 5.69 Å². The van der Waals surface area contributed by atoms with E-state index in [0.29, 0.717) is 25.7 Å². The number of nitrogens with zero attached hydrogens (tertiary/aromatic N) is 2. The van der Waals surface area contributed by atoms with E-state index in [1.165, 1.54) is 6.92 Å². The van der Waals surface area contributed by atoms with Crippen molar-refractivity contribution in [1.29, 1.82) is 0 Å². The van der Waals surface area contributed by atoms with Gasteiger partial charge in [0.15, 0.2) is 0 Å². The smallest absolute Gasteiger partial charge is 0.410 e. The molecule has 3 rings (SSSR count). The van der Waals surface area contributed by atoms with Gasteiger partial charge in [0.1, 0.15) is 5.60 Å². The maximum Gasteiger partial charge on any atom is 0.410 e. The first kappa shape index (κ1) is 23.7. The molecular formula is C25H34N4O3. The molecule has 2 N–H and O–H groups in total. The van der Waals surface area contributed by atoms with Gasteiger partial charge >= 0.3 is 6.09 Å². The minimum Gasteiger partial charge on any atom is -0.444 e. The highest BCUT2D eigenvalue weighted by molar-refractivity contribution is 5.73. The molecule has 1 aliphatic rings. The Kier molecular flexibility index (Phi) is 7.85. The molecule has 2 amide bonds. The summed E-state index contributed by atoms with van der Waals surface area (Å²) in [5.41, 5.74) is 3.64. The molecule has 32 heavy (non-hydrogen) atoms. The number of aromatic nitrogens is 1. The lowest BCUT2D eigenvalue weighted by atomic mass is 10.0. The molecule has 1 aromatic heterocycles. The number of hydrogen-bond donors (Lipinski definition) is 2. The van der Waals surface area contributed by atoms with E-state index < -0.39 is 5.60 Å². The highest BCUT2D eigenvalue weighted by atomic mass is 16.6. The second-order valence-electron chi connectivity index (χ2n) is 9.28. The van der Waals surface area contributed by atoms with Crippen molar-refractivity contribution in [2.75, 3.05) is 13.1 Å². The first-order valence-electron chi connectivity index (χ1n) is 11.2. The Morgan fingerprint density at radius 3 is 2.47 bits per heavy atom. The maximum atomic E-state index is 12.2. The standard InChI is InChI=1S/C25H34N4O3/c1-18(30)26-15-19-6-5-7-21(14-19)23-9-8-20(17-28-23)16-27-22-10-12-29(13-11-22)24(31)32-25(2,3)4/h5-9,14,17,22,27H,10-13,15-16H2,1-4H3,(H,26,30). The monoisotopic (exact) mass is 438 g/mol. The molecule has 2 aromatic rings. The van der Waals surface area contributed by atoms with E-state index in [9.17, 15) is 9.59 Å². The number of nitrogens with one attached hydrogen (secondary N) is 2. The van der Waals surface area contributed by atoms with E-state index in [2.05, 4.69) is 27.8 Å². The Bertz CT molecular complexity index is 914. The van der Waals surface area contributed by atoms with Crippen LogP contribution in [-0.4, -0.2) is 46.6 Å². The van der Waals surface area contributed by atoms with Crippen LogP contribution in [0.2, 0.25) is 0 Å². The summed E-state index contributed by atoms with van der Waals surface area (Å²) < 4.78 is 5.46. The van der Waals surface area contributed by atoms with Gasteiger partial charge in [-0.1, -0.05) is 24.3 Å². The second kappa shape index (κ2) is 10.6. The van der Waals surface area contributed by atoms with Crippen molar-refractivity contribution in [3.63, 3.8) is 0 Å². The summed E-state index contributed by atoms with van der Waals surface area (Å²) in [7, 11) is 0. The fraction of sp³-hybridized carbons (Fsp3) is 0.480. The zero-order valence-corrected chi connectivity index (χ0v) is 19.5. The van der Waals surface area contributed by atoms with E-state index in [4.69, 9.17) is 4.74 Å². The third kappa shape index (κ3) is 7.34. The normalized spacial score (nSPS) is 14.8. The van der Waals surface area contributed by atoms with Gasteiger partial charge < -0.3 is 20.3 Å². The van der Waals surface area contributed by atoms with Crippen molar-refractivity contribution in [2.45, 2.75) is 65.3 Å². The van der Waals surface area contributed by atoms with Crippen LogP contribution in [0.5, 0.6) is 0 Å². The molecule has 0 bridgehead atoms. The topological polar surface area (TPSA) is 83.6 Å². The molecule has 2 heterocycles. The van der Waals surface area contributed by atoms with Gasteiger partial charge in [-0.15, -0.1) is 0 Å². The largest absolute Gasteiger partial charge is 0.444 e. The van der Waals surface area contributed by atoms with Crippen LogP contribution in [0, 0.1) is 0 Å². The SMILES string of the molecule is CC(=O)NCc1cccc(-c2ccc(CNC3CCN(C(=O)OC(C)(C)C)CC3)cn2)c1. The Morgan fingerprint density at radius 2 is 1.84 bits per heavy atom. The van der Waals surface area contributed by atoms with Gasteiger partial charge in [-0.05, 0) is 56.9 Å². The predicted octanol–water partition coefficient (Wildman–Crippen LogP) is 3.87. The average molecular weight is 439 g/mol. The molecule has 1 fully saturated rings. The van der Waals surface area contributed by atoms with Gasteiger partial charge in [-0.3, -0.25) is 9.78 Å². The lowest BCUT2D eigenvalue weighted by Gasteiger charge is -2.33. The van der Waals surface area contributed by atoms with Gasteiger partial charge in [-0.2, -0.15) is 0 Å². The molecule has 0 spiro atoms. The summed E-state index contributed by atoms with van der Waals surface area (Å²) >= 11 is 0. The Balaban J connectivity index is 1.47. The van der Waals surface area contributed by atoms with Gasteiger partial charge in [-0.25, -0.2) is 4.79 Å². The Labute approximate surface area is 190 Å². The fourth-order valence-electron chi connectivity index (χ4n) is 3.62. The van der Waals surface area contributed by atoms with Gasteiger partial charge in [0, 0.05) is 50.9 Å². The summed E-state index contributed by atoms with van der Waals surface area (Å²) in [6, 6.07) is 12.5. The molecule has 1 saturated heterocycles. The van der Waals surface area contributed by atoms with E-state index in [-0.39, 0.29) is 12.0 Å². The molecule has 0 radical (unpaired) electrons. The average Bonchev–Trinajstić information content (AvgIpc) is 2.76. The number of carbonyl (C=O) groups is 2. The van der Waals surface area contributed by atoms with E-state index in [1.807, 2.05) is 51.2 Å². The highest BCUT2D eigenvalue weighted by Gasteiger charge is 2.26. The number of benzene rings is 1. The summed E-state index contributed by atoms with van der Waals surface area (Å²) in [4.78, 5) is 29.7. The third-order valence-electron chi connectivity index (χ3n) is 5.33. The van der Waals surface area contributed by atoms with Crippen molar-refractivity contribution in [3.05, 3.63) is 53.7 Å². The number of piperidine rings is 1. The van der Waals surface area contributed by atoms with Crippen LogP contribution >= 0.6 is 0 Å². The first-order valence-corrected chi connectivity index (χ1v) is 11.2. The highest BCUT2D eigenvalue weighted by Crippen LogP contribution is 2.19. The van der Waals surface area contributed by atoms with Crippen LogP contribution in [-0.2, 0) is 22.6 Å². The van der Waals surface area contributed by atoms with Gasteiger partial charge in [0.25, 0.3) is 0 Å². The minimum atomic E-state index is -0.460. The Hall–Kier alpha value is -2.93. The number of amides is 2. The molecule has 7 nitrogen and oxygen atoms in total.